The Bertz CT molecular complexity index is 2080. The van der Waals surface area contributed by atoms with Crippen molar-refractivity contribution in [2.45, 2.75) is 52.8 Å². The Kier molecular flexibility index (Phi) is 15.8. The summed E-state index contributed by atoms with van der Waals surface area (Å²) < 4.78 is 14.5. The van der Waals surface area contributed by atoms with Gasteiger partial charge in [-0.05, 0) is 62.6 Å². The van der Waals surface area contributed by atoms with Gasteiger partial charge >= 0.3 is 18.3 Å². The summed E-state index contributed by atoms with van der Waals surface area (Å²) >= 11 is 0. The summed E-state index contributed by atoms with van der Waals surface area (Å²) in [6.07, 6.45) is 2.23. The summed E-state index contributed by atoms with van der Waals surface area (Å²) in [6, 6.07) is 15.4. The fraction of sp³-hybridized carbons (Fsp3) is 0.390. The van der Waals surface area contributed by atoms with Gasteiger partial charge in [0.05, 0.1) is 51.1 Å². The van der Waals surface area contributed by atoms with Crippen LogP contribution in [0.1, 0.15) is 56.9 Å². The highest BCUT2D eigenvalue weighted by Gasteiger charge is 2.23. The zero-order valence-electron chi connectivity index (χ0n) is 33.9. The van der Waals surface area contributed by atoms with Gasteiger partial charge in [0.15, 0.2) is 0 Å². The number of hydrogen-bond donors (Lipinski definition) is 4. The maximum Gasteiger partial charge on any atom is 0.410 e. The molecule has 2 aromatic carbocycles. The molecule has 4 aromatic rings. The number of H-pyrrole nitrogens is 2. The highest BCUT2D eigenvalue weighted by Crippen LogP contribution is 2.20. The van der Waals surface area contributed by atoms with Crippen molar-refractivity contribution in [1.29, 1.82) is 0 Å². The minimum absolute atomic E-state index is 0.101. The number of carbonyl (C=O) groups excluding carboxylic acids is 5. The van der Waals surface area contributed by atoms with Gasteiger partial charge < -0.3 is 49.5 Å². The van der Waals surface area contributed by atoms with Crippen LogP contribution < -0.4 is 10.6 Å². The molecular formula is C41H51N9O8. The maximum absolute atomic E-state index is 13.1. The normalized spacial score (nSPS) is 10.7. The number of likely N-dealkylation sites (N-methyl/N-ethyl adjacent to an activating group) is 1. The number of nitrogens with zero attached hydrogens (tertiary/aromatic N) is 5. The maximum atomic E-state index is 13.1. The molecule has 0 saturated heterocycles. The largest absolute Gasteiger partial charge is 0.453 e. The Morgan fingerprint density at radius 1 is 0.690 bits per heavy atom. The summed E-state index contributed by atoms with van der Waals surface area (Å²) in [5.74, 6) is 6.89. The Morgan fingerprint density at radius 2 is 1.12 bits per heavy atom. The lowest BCUT2D eigenvalue weighted by Gasteiger charge is -2.27. The van der Waals surface area contributed by atoms with Gasteiger partial charge in [0, 0.05) is 37.8 Å². The first kappa shape index (κ1) is 43.9. The van der Waals surface area contributed by atoms with Crippen molar-refractivity contribution in [2.75, 3.05) is 54.0 Å². The highest BCUT2D eigenvalue weighted by atomic mass is 16.6. The van der Waals surface area contributed by atoms with Crippen LogP contribution in [-0.2, 0) is 36.9 Å². The number of benzene rings is 2. The second kappa shape index (κ2) is 20.9. The lowest BCUT2D eigenvalue weighted by Crippen LogP contribution is -2.44. The van der Waals surface area contributed by atoms with Gasteiger partial charge in [-0.3, -0.25) is 9.59 Å². The smallest absolute Gasteiger partial charge is 0.410 e. The van der Waals surface area contributed by atoms with Gasteiger partial charge in [-0.25, -0.2) is 24.4 Å². The zero-order valence-corrected chi connectivity index (χ0v) is 33.9. The fourth-order valence-electron chi connectivity index (χ4n) is 5.37. The molecule has 4 rings (SSSR count). The lowest BCUT2D eigenvalue weighted by molar-refractivity contribution is -0.131. The van der Waals surface area contributed by atoms with Gasteiger partial charge in [0.25, 0.3) is 0 Å². The first-order valence-electron chi connectivity index (χ1n) is 18.6. The van der Waals surface area contributed by atoms with Crippen molar-refractivity contribution in [1.82, 2.24) is 45.3 Å². The van der Waals surface area contributed by atoms with Crippen molar-refractivity contribution < 1.29 is 38.2 Å². The van der Waals surface area contributed by atoms with Crippen LogP contribution in [0.15, 0.2) is 60.9 Å². The molecule has 0 aliphatic rings. The van der Waals surface area contributed by atoms with Gasteiger partial charge in [-0.1, -0.05) is 43.0 Å². The van der Waals surface area contributed by atoms with Gasteiger partial charge in [0.2, 0.25) is 11.8 Å². The van der Waals surface area contributed by atoms with Gasteiger partial charge in [-0.2, -0.15) is 0 Å². The zero-order chi connectivity index (χ0) is 42.2. The third-order valence-corrected chi connectivity index (χ3v) is 8.43. The molecule has 0 aliphatic heterocycles. The molecule has 0 spiro atoms. The Balaban J connectivity index is 1.36. The minimum Gasteiger partial charge on any atom is -0.453 e. The molecule has 2 heterocycles. The number of aromatic amines is 2. The van der Waals surface area contributed by atoms with E-state index < -0.39 is 23.9 Å². The van der Waals surface area contributed by atoms with Crippen molar-refractivity contribution in [3.05, 3.63) is 83.7 Å². The van der Waals surface area contributed by atoms with Crippen LogP contribution in [-0.4, -0.2) is 124 Å². The number of ether oxygens (including phenoxy) is 3. The molecule has 4 N–H and O–H groups in total. The molecule has 17 nitrogen and oxygen atoms in total. The molecule has 0 fully saturated rings. The number of nitrogens with one attached hydrogen (secondary N) is 4. The summed E-state index contributed by atoms with van der Waals surface area (Å²) in [5, 5.41) is 4.82. The number of carbonyl (C=O) groups is 5. The Morgan fingerprint density at radius 3 is 1.52 bits per heavy atom. The van der Waals surface area contributed by atoms with Crippen LogP contribution in [0.2, 0.25) is 0 Å². The van der Waals surface area contributed by atoms with Crippen molar-refractivity contribution in [2.24, 2.45) is 0 Å². The molecule has 58 heavy (non-hydrogen) atoms. The number of amides is 5. The summed E-state index contributed by atoms with van der Waals surface area (Å²) in [7, 11) is 4.04. The van der Waals surface area contributed by atoms with E-state index in [1.165, 1.54) is 24.0 Å². The summed E-state index contributed by atoms with van der Waals surface area (Å²) in [6.45, 7) is 8.07. The van der Waals surface area contributed by atoms with Crippen LogP contribution in [0, 0.1) is 11.8 Å². The first-order valence-corrected chi connectivity index (χ1v) is 18.6. The van der Waals surface area contributed by atoms with Crippen molar-refractivity contribution >= 4 is 30.1 Å². The van der Waals surface area contributed by atoms with E-state index in [9.17, 15) is 24.0 Å². The second-order valence-electron chi connectivity index (χ2n) is 14.1. The molecule has 0 saturated carbocycles. The molecule has 308 valence electrons. The molecule has 0 atom stereocenters. The predicted octanol–water partition coefficient (Wildman–Crippen LogP) is 4.51. The number of aromatic nitrogens is 4. The number of rotatable bonds is 15. The Labute approximate surface area is 337 Å². The number of imidazole rings is 2. The topological polar surface area (TPSA) is 204 Å². The van der Waals surface area contributed by atoms with Crippen LogP contribution in [0.5, 0.6) is 0 Å². The van der Waals surface area contributed by atoms with Crippen molar-refractivity contribution in [3.63, 3.8) is 0 Å². The Hall–Kier alpha value is -6.83. The van der Waals surface area contributed by atoms with E-state index in [1.54, 1.807) is 45.1 Å². The first-order chi connectivity index (χ1) is 27.7. The summed E-state index contributed by atoms with van der Waals surface area (Å²) in [5.41, 5.74) is 4.27. The van der Waals surface area contributed by atoms with E-state index in [0.717, 1.165) is 40.1 Å². The molecule has 0 unspecified atom stereocenters. The third-order valence-electron chi connectivity index (χ3n) is 8.43. The number of alkyl carbamates (subject to hydrolysis) is 2. The number of methoxy groups -OCH3 is 2. The van der Waals surface area contributed by atoms with E-state index in [1.807, 2.05) is 55.5 Å². The molecule has 17 heteroatoms. The molecule has 2 aromatic heterocycles. The summed E-state index contributed by atoms with van der Waals surface area (Å²) in [4.78, 5) is 81.2. The second-order valence-corrected chi connectivity index (χ2v) is 14.1. The van der Waals surface area contributed by atoms with E-state index in [2.05, 4.69) is 51.9 Å². The molecule has 0 aliphatic carbocycles. The van der Waals surface area contributed by atoms with E-state index in [4.69, 9.17) is 4.74 Å². The number of hydrogen-bond acceptors (Lipinski definition) is 10. The van der Waals surface area contributed by atoms with E-state index >= 15 is 0 Å². The van der Waals surface area contributed by atoms with Gasteiger partial charge in [0.1, 0.15) is 30.3 Å². The van der Waals surface area contributed by atoms with Crippen LogP contribution in [0.4, 0.5) is 14.4 Å². The molecule has 0 bridgehead atoms. The van der Waals surface area contributed by atoms with Gasteiger partial charge in [-0.15, -0.1) is 0 Å². The molecule has 5 amide bonds. The van der Waals surface area contributed by atoms with Crippen LogP contribution >= 0.6 is 0 Å². The minimum atomic E-state index is -0.734. The molecule has 0 radical (unpaired) electrons. The van der Waals surface area contributed by atoms with E-state index in [0.29, 0.717) is 18.2 Å². The molecular weight excluding hydrogens is 747 g/mol. The average molecular weight is 798 g/mol. The quantitative estimate of drug-likeness (QED) is 0.0979. The predicted molar refractivity (Wildman–Crippen MR) is 215 cm³/mol. The van der Waals surface area contributed by atoms with E-state index in [-0.39, 0.29) is 51.1 Å². The lowest BCUT2D eigenvalue weighted by atomic mass is 10.1. The van der Waals surface area contributed by atoms with Crippen molar-refractivity contribution in [3.8, 4) is 34.4 Å². The van der Waals surface area contributed by atoms with Crippen LogP contribution in [0.3, 0.4) is 0 Å². The van der Waals surface area contributed by atoms with Crippen LogP contribution in [0.25, 0.3) is 22.5 Å². The third kappa shape index (κ3) is 13.7. The average Bonchev–Trinajstić information content (AvgIpc) is 3.89. The monoisotopic (exact) mass is 797 g/mol. The standard InChI is InChI=1S/C41H51N9O8/c1-8-19-49(36(51)24-44-38(53)56-6)26-34-42-22-32(46-34)30-15-11-28(12-16-30)9-10-29-13-17-31(18-14-29)33-23-43-35(47-33)27-50(37(52)25-45-39(54)57-7)21-20-48(5)40(55)58-41(2,3)4/h11-18,22-23H,8,19-21,24-27H2,1-7H3,(H,42,46)(H,43,47)(H,44,53)(H,45,54). The SMILES string of the molecule is CCCN(Cc1ncc(-c2ccc(C#Cc3ccc(-c4cnc(CN(CCN(C)C(=O)OC(C)(C)C)C(=O)CNC(=O)OC)[nH]4)cc3)cc2)[nH]1)C(=O)CNC(=O)OC. The highest BCUT2D eigenvalue weighted by molar-refractivity contribution is 5.83. The fourth-order valence-corrected chi connectivity index (χ4v) is 5.37.